The summed E-state index contributed by atoms with van der Waals surface area (Å²) in [7, 11) is 0. The van der Waals surface area contributed by atoms with E-state index in [-0.39, 0.29) is 0 Å². The molecule has 0 aromatic carbocycles. The number of nitrogens with one attached hydrogen (secondary N) is 5. The van der Waals surface area contributed by atoms with Gasteiger partial charge in [-0.2, -0.15) is 9.97 Å². The minimum Gasteiger partial charge on any atom is -0.367 e. The molecular formula is C28H49N11. The highest BCUT2D eigenvalue weighted by Crippen LogP contribution is 2.27. The van der Waals surface area contributed by atoms with Crippen molar-refractivity contribution < 1.29 is 0 Å². The van der Waals surface area contributed by atoms with Crippen LogP contribution in [0.2, 0.25) is 0 Å². The van der Waals surface area contributed by atoms with Crippen LogP contribution in [-0.2, 0) is 13.1 Å². The van der Waals surface area contributed by atoms with Crippen LogP contribution in [0.4, 0.5) is 17.6 Å². The zero-order chi connectivity index (χ0) is 26.5. The molecule has 3 fully saturated rings. The van der Waals surface area contributed by atoms with Crippen molar-refractivity contribution in [1.82, 2.24) is 40.9 Å². The Morgan fingerprint density at radius 2 is 1.69 bits per heavy atom. The second-order valence-corrected chi connectivity index (χ2v) is 11.4. The molecule has 2 aliphatic heterocycles. The van der Waals surface area contributed by atoms with Crippen LogP contribution in [-0.4, -0.2) is 83.4 Å². The van der Waals surface area contributed by atoms with Gasteiger partial charge in [0.25, 0.3) is 0 Å². The van der Waals surface area contributed by atoms with Gasteiger partial charge in [-0.25, -0.2) is 0 Å². The van der Waals surface area contributed by atoms with Crippen LogP contribution < -0.4 is 31.5 Å². The van der Waals surface area contributed by atoms with Gasteiger partial charge in [0, 0.05) is 44.8 Å². The lowest BCUT2D eigenvalue weighted by molar-refractivity contribution is 0.330. The largest absolute Gasteiger partial charge is 0.367 e. The maximum absolute atomic E-state index is 4.85. The smallest absolute Gasteiger partial charge is 0.226 e. The molecule has 0 radical (unpaired) electrons. The number of anilines is 3. The van der Waals surface area contributed by atoms with Gasteiger partial charge < -0.3 is 31.5 Å². The molecule has 0 amide bonds. The summed E-state index contributed by atoms with van der Waals surface area (Å²) in [5.74, 6) is 3.48. The van der Waals surface area contributed by atoms with Gasteiger partial charge in [0.1, 0.15) is 17.3 Å². The highest BCUT2D eigenvalue weighted by Gasteiger charge is 2.18. The molecule has 0 atom stereocenters. The van der Waals surface area contributed by atoms with Crippen molar-refractivity contribution in [2.75, 3.05) is 67.9 Å². The molecule has 0 spiro atoms. The summed E-state index contributed by atoms with van der Waals surface area (Å²) in [4.78, 5) is 12.0. The third kappa shape index (κ3) is 9.29. The SMILES string of the molecule is c1c(NC2CCNCC2)nc(NCc2cn(CCCNCCCC3CCCCC3)nn2)nc1N1CCNCC1. The van der Waals surface area contributed by atoms with Crippen LogP contribution in [0.1, 0.15) is 69.9 Å². The van der Waals surface area contributed by atoms with Crippen LogP contribution in [0.5, 0.6) is 0 Å². The molecule has 11 nitrogen and oxygen atoms in total. The first-order chi connectivity index (χ1) is 19.3. The summed E-state index contributed by atoms with van der Waals surface area (Å²) in [6.45, 7) is 9.53. The number of piperidine rings is 1. The maximum Gasteiger partial charge on any atom is 0.226 e. The minimum absolute atomic E-state index is 0.441. The summed E-state index contributed by atoms with van der Waals surface area (Å²) < 4.78 is 1.95. The summed E-state index contributed by atoms with van der Waals surface area (Å²) in [6, 6.07) is 2.54. The van der Waals surface area contributed by atoms with Gasteiger partial charge in [0.2, 0.25) is 5.95 Å². The lowest BCUT2D eigenvalue weighted by atomic mass is 9.86. The molecule has 5 rings (SSSR count). The number of rotatable bonds is 14. The molecule has 2 saturated heterocycles. The van der Waals surface area contributed by atoms with E-state index in [0.717, 1.165) is 101 Å². The van der Waals surface area contributed by atoms with Crippen LogP contribution in [0.15, 0.2) is 12.3 Å². The van der Waals surface area contributed by atoms with Gasteiger partial charge in [0.15, 0.2) is 0 Å². The second-order valence-electron chi connectivity index (χ2n) is 11.4. The third-order valence-electron chi connectivity index (χ3n) is 8.29. The van der Waals surface area contributed by atoms with Crippen LogP contribution in [0, 0.1) is 5.92 Å². The second kappa shape index (κ2) is 15.3. The molecule has 39 heavy (non-hydrogen) atoms. The molecule has 2 aromatic rings. The van der Waals surface area contributed by atoms with Crippen molar-refractivity contribution in [2.24, 2.45) is 5.92 Å². The van der Waals surface area contributed by atoms with E-state index >= 15 is 0 Å². The molecule has 4 heterocycles. The van der Waals surface area contributed by atoms with E-state index in [1.165, 1.54) is 44.9 Å². The van der Waals surface area contributed by atoms with Crippen LogP contribution in [0.3, 0.4) is 0 Å². The first-order valence-corrected chi connectivity index (χ1v) is 15.5. The Balaban J connectivity index is 1.06. The summed E-state index contributed by atoms with van der Waals surface area (Å²) in [5.41, 5.74) is 0.902. The molecule has 0 bridgehead atoms. The molecule has 3 aliphatic rings. The van der Waals surface area contributed by atoms with Crippen molar-refractivity contribution in [3.8, 4) is 0 Å². The third-order valence-corrected chi connectivity index (χ3v) is 8.29. The first kappa shape index (κ1) is 28.0. The fraction of sp³-hybridized carbons (Fsp3) is 0.786. The number of hydrogen-bond donors (Lipinski definition) is 5. The van der Waals surface area contributed by atoms with E-state index < -0.39 is 0 Å². The number of hydrogen-bond acceptors (Lipinski definition) is 10. The number of nitrogens with zero attached hydrogens (tertiary/aromatic N) is 6. The summed E-state index contributed by atoms with van der Waals surface area (Å²) >= 11 is 0. The van der Waals surface area contributed by atoms with E-state index in [1.54, 1.807) is 0 Å². The van der Waals surface area contributed by atoms with Crippen molar-refractivity contribution in [3.63, 3.8) is 0 Å². The van der Waals surface area contributed by atoms with Crippen molar-refractivity contribution in [1.29, 1.82) is 0 Å². The van der Waals surface area contributed by atoms with Crippen LogP contribution >= 0.6 is 0 Å². The minimum atomic E-state index is 0.441. The fourth-order valence-corrected chi connectivity index (χ4v) is 6.00. The summed E-state index contributed by atoms with van der Waals surface area (Å²) in [6.07, 6.45) is 15.2. The Morgan fingerprint density at radius 3 is 2.54 bits per heavy atom. The van der Waals surface area contributed by atoms with Gasteiger partial charge >= 0.3 is 0 Å². The Kier molecular flexibility index (Phi) is 11.0. The highest BCUT2D eigenvalue weighted by molar-refractivity contribution is 5.54. The Hall–Kier alpha value is -2.50. The molecule has 11 heteroatoms. The van der Waals surface area contributed by atoms with Gasteiger partial charge in [-0.15, -0.1) is 5.10 Å². The van der Waals surface area contributed by atoms with Crippen molar-refractivity contribution in [3.05, 3.63) is 18.0 Å². The van der Waals surface area contributed by atoms with E-state index in [9.17, 15) is 0 Å². The Bertz CT molecular complexity index is 962. The Morgan fingerprint density at radius 1 is 0.897 bits per heavy atom. The van der Waals surface area contributed by atoms with Gasteiger partial charge in [0.05, 0.1) is 12.7 Å². The lowest BCUT2D eigenvalue weighted by Gasteiger charge is -2.29. The maximum atomic E-state index is 4.85. The number of aromatic nitrogens is 5. The predicted molar refractivity (Wildman–Crippen MR) is 157 cm³/mol. The lowest BCUT2D eigenvalue weighted by Crippen LogP contribution is -2.44. The first-order valence-electron chi connectivity index (χ1n) is 15.5. The Labute approximate surface area is 233 Å². The van der Waals surface area contributed by atoms with E-state index in [2.05, 4.69) is 47.9 Å². The topological polar surface area (TPSA) is 120 Å². The fourth-order valence-electron chi connectivity index (χ4n) is 6.00. The average Bonchev–Trinajstić information content (AvgIpc) is 3.45. The molecule has 1 aliphatic carbocycles. The molecule has 0 unspecified atom stereocenters. The van der Waals surface area contributed by atoms with Crippen molar-refractivity contribution in [2.45, 2.75) is 83.3 Å². The predicted octanol–water partition coefficient (Wildman–Crippen LogP) is 2.59. The molecule has 1 saturated carbocycles. The quantitative estimate of drug-likeness (QED) is 0.229. The van der Waals surface area contributed by atoms with E-state index in [1.807, 2.05) is 10.9 Å². The van der Waals surface area contributed by atoms with E-state index in [4.69, 9.17) is 9.97 Å². The number of aryl methyl sites for hydroxylation is 1. The average molecular weight is 540 g/mol. The standard InChI is InChI=1S/C28H49N11/c1-2-6-23(7-3-1)8-4-11-29-12-5-17-39-22-25(36-37-39)21-32-28-34-26(33-24-9-13-30-14-10-24)20-27(35-28)38-18-15-31-16-19-38/h20,22-24,29-31H,1-19,21H2,(H2,32,33,34,35). The van der Waals surface area contributed by atoms with Gasteiger partial charge in [-0.05, 0) is 64.2 Å². The van der Waals surface area contributed by atoms with E-state index in [0.29, 0.717) is 18.5 Å². The monoisotopic (exact) mass is 539 g/mol. The van der Waals surface area contributed by atoms with Gasteiger partial charge in [-0.1, -0.05) is 37.3 Å². The molecule has 2 aromatic heterocycles. The molecule has 216 valence electrons. The summed E-state index contributed by atoms with van der Waals surface area (Å²) in [5, 5.41) is 26.2. The molecular weight excluding hydrogens is 490 g/mol. The number of piperazine rings is 1. The highest BCUT2D eigenvalue weighted by atomic mass is 15.4. The normalized spacial score (nSPS) is 19.3. The van der Waals surface area contributed by atoms with Gasteiger partial charge in [-0.3, -0.25) is 4.68 Å². The zero-order valence-electron chi connectivity index (χ0n) is 23.6. The molecule has 5 N–H and O–H groups in total. The zero-order valence-corrected chi connectivity index (χ0v) is 23.6. The van der Waals surface area contributed by atoms with Crippen LogP contribution in [0.25, 0.3) is 0 Å². The van der Waals surface area contributed by atoms with Crippen molar-refractivity contribution >= 4 is 17.6 Å².